The minimum absolute atomic E-state index is 0.288. The van der Waals surface area contributed by atoms with Crippen LogP contribution in [0.15, 0.2) is 24.3 Å². The Morgan fingerprint density at radius 1 is 1.14 bits per heavy atom. The van der Waals surface area contributed by atoms with E-state index in [9.17, 15) is 15.8 Å². The molecule has 3 aliphatic rings. The zero-order valence-corrected chi connectivity index (χ0v) is 15.7. The van der Waals surface area contributed by atoms with Gasteiger partial charge < -0.3 is 14.2 Å². The van der Waals surface area contributed by atoms with E-state index in [1.165, 1.54) is 0 Å². The van der Waals surface area contributed by atoms with Crippen LogP contribution in [-0.2, 0) is 9.47 Å². The summed E-state index contributed by atoms with van der Waals surface area (Å²) < 4.78 is 17.4. The zero-order valence-electron chi connectivity index (χ0n) is 15.7. The van der Waals surface area contributed by atoms with E-state index >= 15 is 0 Å². The molecule has 28 heavy (non-hydrogen) atoms. The number of hydrogen-bond donors (Lipinski definition) is 1. The topological polar surface area (TPSA) is 123 Å². The Morgan fingerprint density at radius 2 is 1.82 bits per heavy atom. The first-order chi connectivity index (χ1) is 13.4. The molecule has 2 saturated heterocycles. The van der Waals surface area contributed by atoms with Gasteiger partial charge in [0.2, 0.25) is 17.1 Å². The lowest BCUT2D eigenvalue weighted by molar-refractivity contribution is -0.298. The van der Waals surface area contributed by atoms with Crippen LogP contribution in [0.4, 0.5) is 0 Å². The van der Waals surface area contributed by atoms with Crippen molar-refractivity contribution < 1.29 is 14.2 Å². The Kier molecular flexibility index (Phi) is 3.89. The fraction of sp³-hybridized carbons (Fsp3) is 0.524. The first-order valence-corrected chi connectivity index (χ1v) is 9.26. The number of ether oxygens (including phenoxy) is 3. The Hall–Kier alpha value is -3.08. The lowest BCUT2D eigenvalue weighted by atomic mass is 9.50. The molecule has 4 rings (SSSR count). The van der Waals surface area contributed by atoms with Crippen molar-refractivity contribution in [2.45, 2.75) is 38.1 Å². The van der Waals surface area contributed by atoms with Gasteiger partial charge in [0.15, 0.2) is 5.41 Å². The van der Waals surface area contributed by atoms with Gasteiger partial charge in [-0.1, -0.05) is 19.1 Å². The predicted molar refractivity (Wildman–Crippen MR) is 96.6 cm³/mol. The van der Waals surface area contributed by atoms with Gasteiger partial charge in [0, 0.05) is 6.42 Å². The molecule has 3 fully saturated rings. The third-order valence-corrected chi connectivity index (χ3v) is 6.59. The van der Waals surface area contributed by atoms with Crippen LogP contribution in [0.5, 0.6) is 5.75 Å². The number of benzene rings is 1. The number of nitrogens with zero attached hydrogens (tertiary/aromatic N) is 3. The number of nitrogens with one attached hydrogen (secondary N) is 1. The van der Waals surface area contributed by atoms with Gasteiger partial charge in [0.25, 0.3) is 0 Å². The van der Waals surface area contributed by atoms with E-state index in [-0.39, 0.29) is 11.8 Å². The van der Waals surface area contributed by atoms with Crippen molar-refractivity contribution >= 4 is 5.90 Å². The van der Waals surface area contributed by atoms with Gasteiger partial charge in [-0.2, -0.15) is 15.8 Å². The minimum atomic E-state index is -1.89. The summed E-state index contributed by atoms with van der Waals surface area (Å²) in [6.07, 6.45) is 0.897. The second kappa shape index (κ2) is 5.96. The fourth-order valence-electron chi connectivity index (χ4n) is 5.11. The van der Waals surface area contributed by atoms with Crippen LogP contribution < -0.4 is 4.74 Å². The van der Waals surface area contributed by atoms with Crippen molar-refractivity contribution in [1.29, 1.82) is 21.2 Å². The SMILES string of the molecule is COc1ccc(C2OC34CCC(C)CC3C(C#N)(C(=N)O4)C2(C#N)C#N)cc1. The summed E-state index contributed by atoms with van der Waals surface area (Å²) in [5.74, 6) is -1.09. The first kappa shape index (κ1) is 18.3. The van der Waals surface area contributed by atoms with E-state index in [0.717, 1.165) is 6.42 Å². The molecule has 0 spiro atoms. The van der Waals surface area contributed by atoms with Gasteiger partial charge in [-0.3, -0.25) is 5.41 Å². The molecule has 0 aromatic heterocycles. The van der Waals surface area contributed by atoms with Crippen LogP contribution in [-0.4, -0.2) is 18.8 Å². The second-order valence-corrected chi connectivity index (χ2v) is 7.90. The van der Waals surface area contributed by atoms with Crippen LogP contribution in [0, 0.1) is 62.1 Å². The van der Waals surface area contributed by atoms with E-state index in [2.05, 4.69) is 25.1 Å². The number of rotatable bonds is 2. The minimum Gasteiger partial charge on any atom is -0.497 e. The Labute approximate surface area is 163 Å². The van der Waals surface area contributed by atoms with Crippen LogP contribution in [0.25, 0.3) is 0 Å². The van der Waals surface area contributed by atoms with Gasteiger partial charge in [0.05, 0.1) is 31.2 Å². The summed E-state index contributed by atoms with van der Waals surface area (Å²) >= 11 is 0. The highest BCUT2D eigenvalue weighted by Gasteiger charge is 2.80. The van der Waals surface area contributed by atoms with Crippen molar-refractivity contribution in [3.63, 3.8) is 0 Å². The van der Waals surface area contributed by atoms with Crippen molar-refractivity contribution in [2.75, 3.05) is 7.11 Å². The highest BCUT2D eigenvalue weighted by Crippen LogP contribution is 2.69. The third kappa shape index (κ3) is 1.96. The van der Waals surface area contributed by atoms with Crippen LogP contribution >= 0.6 is 0 Å². The van der Waals surface area contributed by atoms with E-state index in [0.29, 0.717) is 24.2 Å². The molecule has 2 heterocycles. The largest absolute Gasteiger partial charge is 0.497 e. The maximum atomic E-state index is 10.3. The Morgan fingerprint density at radius 3 is 2.39 bits per heavy atom. The monoisotopic (exact) mass is 376 g/mol. The predicted octanol–water partition coefficient (Wildman–Crippen LogP) is 3.45. The first-order valence-electron chi connectivity index (χ1n) is 9.26. The molecule has 7 heteroatoms. The van der Waals surface area contributed by atoms with Crippen molar-refractivity contribution in [2.24, 2.45) is 22.7 Å². The van der Waals surface area contributed by atoms with Gasteiger partial charge in [-0.25, -0.2) is 0 Å². The Bertz CT molecular complexity index is 940. The summed E-state index contributed by atoms with van der Waals surface area (Å²) in [5.41, 5.74) is -2.98. The summed E-state index contributed by atoms with van der Waals surface area (Å²) in [7, 11) is 1.55. The van der Waals surface area contributed by atoms with Gasteiger partial charge >= 0.3 is 0 Å². The average molecular weight is 376 g/mol. The highest BCUT2D eigenvalue weighted by atomic mass is 16.7. The maximum Gasteiger partial charge on any atom is 0.217 e. The van der Waals surface area contributed by atoms with Crippen molar-refractivity contribution in [3.05, 3.63) is 29.8 Å². The molecule has 7 nitrogen and oxygen atoms in total. The third-order valence-electron chi connectivity index (χ3n) is 6.59. The quantitative estimate of drug-likeness (QED) is 0.843. The number of methoxy groups -OCH3 is 1. The molecule has 2 bridgehead atoms. The van der Waals surface area contributed by atoms with Crippen LogP contribution in [0.2, 0.25) is 0 Å². The van der Waals surface area contributed by atoms with Crippen LogP contribution in [0.1, 0.15) is 37.9 Å². The molecule has 1 N–H and O–H groups in total. The molecule has 0 radical (unpaired) electrons. The molecule has 142 valence electrons. The summed E-state index contributed by atoms with van der Waals surface area (Å²) in [5, 5.41) is 39.1. The fourth-order valence-corrected chi connectivity index (χ4v) is 5.11. The summed E-state index contributed by atoms with van der Waals surface area (Å²) in [6.45, 7) is 2.07. The molecule has 1 aromatic carbocycles. The zero-order chi connectivity index (χ0) is 20.2. The highest BCUT2D eigenvalue weighted by molar-refractivity contribution is 5.89. The average Bonchev–Trinajstić information content (AvgIpc) is 2.92. The van der Waals surface area contributed by atoms with Crippen molar-refractivity contribution in [3.8, 4) is 24.0 Å². The normalized spacial score (nSPS) is 37.5. The van der Waals surface area contributed by atoms with Crippen molar-refractivity contribution in [1.82, 2.24) is 0 Å². The summed E-state index contributed by atoms with van der Waals surface area (Å²) in [4.78, 5) is 0. The van der Waals surface area contributed by atoms with Gasteiger partial charge in [-0.05, 0) is 36.5 Å². The second-order valence-electron chi connectivity index (χ2n) is 7.90. The summed E-state index contributed by atoms with van der Waals surface area (Å²) in [6, 6.07) is 13.2. The molecule has 1 aromatic rings. The molecular formula is C21H20N4O3. The Balaban J connectivity index is 1.95. The molecular weight excluding hydrogens is 356 g/mol. The van der Waals surface area contributed by atoms with Gasteiger partial charge in [-0.15, -0.1) is 0 Å². The lowest BCUT2D eigenvalue weighted by Crippen LogP contribution is -2.60. The van der Waals surface area contributed by atoms with E-state index in [1.54, 1.807) is 31.4 Å². The van der Waals surface area contributed by atoms with E-state index in [4.69, 9.17) is 19.6 Å². The molecule has 2 aliphatic heterocycles. The lowest BCUT2D eigenvalue weighted by Gasteiger charge is -2.52. The van der Waals surface area contributed by atoms with Crippen LogP contribution in [0.3, 0.4) is 0 Å². The molecule has 1 aliphatic carbocycles. The number of hydrogen-bond acceptors (Lipinski definition) is 7. The molecule has 5 unspecified atom stereocenters. The van der Waals surface area contributed by atoms with Gasteiger partial charge in [0.1, 0.15) is 11.9 Å². The smallest absolute Gasteiger partial charge is 0.217 e. The number of nitriles is 3. The standard InChI is InChI=1S/C21H20N4O3/c1-13-7-8-21-16(9-13)20(12-24,18(25)28-21)19(10-22,11-23)17(27-21)14-3-5-15(26-2)6-4-14/h3-6,13,16-17,25H,7-9H2,1-2H3. The molecule has 1 saturated carbocycles. The van der Waals surface area contributed by atoms with E-state index < -0.39 is 28.6 Å². The maximum absolute atomic E-state index is 10.3. The molecule has 5 atom stereocenters. The van der Waals surface area contributed by atoms with E-state index in [1.807, 2.05) is 0 Å². The molecule has 0 amide bonds.